The van der Waals surface area contributed by atoms with Crippen LogP contribution in [0.15, 0.2) is 22.7 Å². The highest BCUT2D eigenvalue weighted by atomic mass is 79.9. The van der Waals surface area contributed by atoms with Gasteiger partial charge in [-0.05, 0) is 37.0 Å². The van der Waals surface area contributed by atoms with Crippen LogP contribution < -0.4 is 11.1 Å². The van der Waals surface area contributed by atoms with Gasteiger partial charge in [-0.25, -0.2) is 4.39 Å². The number of carbonyl (C=O) groups excluding carboxylic acids is 1. The number of thiocarbonyl (C=S) groups is 1. The monoisotopic (exact) mass is 344 g/mol. The summed E-state index contributed by atoms with van der Waals surface area (Å²) in [7, 11) is 0. The first kappa shape index (κ1) is 14.4. The van der Waals surface area contributed by atoms with Crippen molar-refractivity contribution in [1.82, 2.24) is 0 Å². The normalized spacial score (nSPS) is 25.5. The predicted octanol–water partition coefficient (Wildman–Crippen LogP) is 3.23. The van der Waals surface area contributed by atoms with E-state index in [1.165, 1.54) is 12.1 Å². The lowest BCUT2D eigenvalue weighted by molar-refractivity contribution is -0.127. The Kier molecular flexibility index (Phi) is 3.92. The van der Waals surface area contributed by atoms with E-state index in [1.807, 2.05) is 6.92 Å². The van der Waals surface area contributed by atoms with E-state index < -0.39 is 11.2 Å². The summed E-state index contributed by atoms with van der Waals surface area (Å²) in [5, 5.41) is 2.58. The Hall–Kier alpha value is -1.01. The van der Waals surface area contributed by atoms with Gasteiger partial charge in [0.2, 0.25) is 5.91 Å². The maximum atomic E-state index is 13.7. The second-order valence-electron chi connectivity index (χ2n) is 5.04. The Labute approximate surface area is 124 Å². The minimum atomic E-state index is -0.825. The Bertz CT molecular complexity index is 543. The summed E-state index contributed by atoms with van der Waals surface area (Å²) in [5.74, 6) is -0.408. The van der Waals surface area contributed by atoms with Crippen LogP contribution >= 0.6 is 28.1 Å². The summed E-state index contributed by atoms with van der Waals surface area (Å²) >= 11 is 8.16. The third-order valence-electron chi connectivity index (χ3n) is 3.48. The zero-order valence-electron chi connectivity index (χ0n) is 10.4. The van der Waals surface area contributed by atoms with Gasteiger partial charge in [-0.2, -0.15) is 0 Å². The maximum Gasteiger partial charge on any atom is 0.237 e. The fraction of sp³-hybridized carbons (Fsp3) is 0.385. The molecule has 0 aromatic heterocycles. The summed E-state index contributed by atoms with van der Waals surface area (Å²) in [4.78, 5) is 12.5. The van der Waals surface area contributed by atoms with Crippen molar-refractivity contribution in [2.75, 3.05) is 5.32 Å². The van der Waals surface area contributed by atoms with Gasteiger partial charge in [-0.3, -0.25) is 4.79 Å². The molecule has 2 rings (SSSR count). The standard InChI is InChI=1S/C13H14BrFN2OS/c1-7-5-13(6-7,11(16)19)12(18)17-10-3-2-8(14)4-9(10)15/h2-4,7H,5-6H2,1H3,(H2,16,19)(H,17,18). The van der Waals surface area contributed by atoms with Gasteiger partial charge in [0.1, 0.15) is 5.82 Å². The van der Waals surface area contributed by atoms with Crippen LogP contribution in [0.25, 0.3) is 0 Å². The molecular weight excluding hydrogens is 331 g/mol. The zero-order valence-corrected chi connectivity index (χ0v) is 12.8. The van der Waals surface area contributed by atoms with E-state index in [9.17, 15) is 9.18 Å². The summed E-state index contributed by atoms with van der Waals surface area (Å²) in [6, 6.07) is 4.47. The van der Waals surface area contributed by atoms with Gasteiger partial charge >= 0.3 is 0 Å². The Morgan fingerprint density at radius 2 is 2.21 bits per heavy atom. The summed E-state index contributed by atoms with van der Waals surface area (Å²) in [5.41, 5.74) is 5.00. The van der Waals surface area contributed by atoms with Crippen LogP contribution in [0.2, 0.25) is 0 Å². The minimum Gasteiger partial charge on any atom is -0.392 e. The van der Waals surface area contributed by atoms with Crippen molar-refractivity contribution in [3.8, 4) is 0 Å². The number of nitrogens with one attached hydrogen (secondary N) is 1. The Balaban J connectivity index is 2.19. The molecule has 0 unspecified atom stereocenters. The van der Waals surface area contributed by atoms with Crippen molar-refractivity contribution in [2.45, 2.75) is 19.8 Å². The van der Waals surface area contributed by atoms with Gasteiger partial charge in [0.05, 0.1) is 16.1 Å². The van der Waals surface area contributed by atoms with Crippen LogP contribution in [0.1, 0.15) is 19.8 Å². The third kappa shape index (κ3) is 2.65. The molecule has 1 saturated carbocycles. The van der Waals surface area contributed by atoms with E-state index in [0.29, 0.717) is 23.2 Å². The largest absolute Gasteiger partial charge is 0.392 e. The van der Waals surface area contributed by atoms with Gasteiger partial charge in [-0.15, -0.1) is 0 Å². The van der Waals surface area contributed by atoms with E-state index in [2.05, 4.69) is 21.2 Å². The van der Waals surface area contributed by atoms with Crippen LogP contribution in [0, 0.1) is 17.2 Å². The van der Waals surface area contributed by atoms with E-state index in [4.69, 9.17) is 18.0 Å². The van der Waals surface area contributed by atoms with Crippen LogP contribution in [0.5, 0.6) is 0 Å². The minimum absolute atomic E-state index is 0.142. The second-order valence-corrected chi connectivity index (χ2v) is 6.39. The molecule has 6 heteroatoms. The molecule has 1 aromatic rings. The SMILES string of the molecule is CC1CC(C(=O)Nc2ccc(Br)cc2F)(C(N)=S)C1. The van der Waals surface area contributed by atoms with Crippen molar-refractivity contribution in [2.24, 2.45) is 17.1 Å². The molecule has 1 aliphatic carbocycles. The number of anilines is 1. The zero-order chi connectivity index (χ0) is 14.2. The molecule has 0 saturated heterocycles. The predicted molar refractivity (Wildman–Crippen MR) is 80.3 cm³/mol. The summed E-state index contributed by atoms with van der Waals surface area (Å²) in [6.07, 6.45) is 1.23. The van der Waals surface area contributed by atoms with Crippen molar-refractivity contribution in [3.05, 3.63) is 28.5 Å². The maximum absolute atomic E-state index is 13.7. The topological polar surface area (TPSA) is 55.1 Å². The second kappa shape index (κ2) is 5.17. The average molecular weight is 345 g/mol. The lowest BCUT2D eigenvalue weighted by Crippen LogP contribution is -2.53. The molecular formula is C13H14BrFN2OS. The first-order valence-electron chi connectivity index (χ1n) is 5.91. The molecule has 3 nitrogen and oxygen atoms in total. The summed E-state index contributed by atoms with van der Waals surface area (Å²) < 4.78 is 14.3. The number of rotatable bonds is 3. The Morgan fingerprint density at radius 3 is 2.68 bits per heavy atom. The molecule has 0 spiro atoms. The highest BCUT2D eigenvalue weighted by Crippen LogP contribution is 2.46. The molecule has 0 bridgehead atoms. The number of benzene rings is 1. The molecule has 102 valence electrons. The molecule has 0 radical (unpaired) electrons. The molecule has 1 amide bonds. The number of hydrogen-bond donors (Lipinski definition) is 2. The van der Waals surface area contributed by atoms with Gasteiger partial charge in [-0.1, -0.05) is 35.1 Å². The van der Waals surface area contributed by atoms with Gasteiger partial charge < -0.3 is 11.1 Å². The highest BCUT2D eigenvalue weighted by Gasteiger charge is 2.50. The van der Waals surface area contributed by atoms with E-state index >= 15 is 0 Å². The fourth-order valence-corrected chi connectivity index (χ4v) is 3.05. The first-order chi connectivity index (χ1) is 8.85. The smallest absolute Gasteiger partial charge is 0.237 e. The molecule has 1 fully saturated rings. The molecule has 0 heterocycles. The average Bonchev–Trinajstić information content (AvgIpc) is 2.27. The van der Waals surface area contributed by atoms with Crippen LogP contribution in [-0.2, 0) is 4.79 Å². The van der Waals surface area contributed by atoms with E-state index in [0.717, 1.165) is 0 Å². The van der Waals surface area contributed by atoms with Gasteiger partial charge in [0, 0.05) is 4.47 Å². The van der Waals surface area contributed by atoms with Crippen molar-refractivity contribution in [1.29, 1.82) is 0 Å². The number of nitrogens with two attached hydrogens (primary N) is 1. The molecule has 0 aliphatic heterocycles. The third-order valence-corrected chi connectivity index (χ3v) is 4.36. The lowest BCUT2D eigenvalue weighted by atomic mass is 9.62. The van der Waals surface area contributed by atoms with E-state index in [1.54, 1.807) is 6.07 Å². The van der Waals surface area contributed by atoms with Gasteiger partial charge in [0.15, 0.2) is 0 Å². The quantitative estimate of drug-likeness (QED) is 0.827. The lowest BCUT2D eigenvalue weighted by Gasteiger charge is -2.44. The number of halogens is 2. The summed E-state index contributed by atoms with van der Waals surface area (Å²) in [6.45, 7) is 2.03. The fourth-order valence-electron chi connectivity index (χ4n) is 2.46. The van der Waals surface area contributed by atoms with Crippen molar-refractivity contribution < 1.29 is 9.18 Å². The number of hydrogen-bond acceptors (Lipinski definition) is 2. The molecule has 3 N–H and O–H groups in total. The molecule has 1 aliphatic rings. The van der Waals surface area contributed by atoms with Crippen molar-refractivity contribution in [3.63, 3.8) is 0 Å². The van der Waals surface area contributed by atoms with Crippen LogP contribution in [-0.4, -0.2) is 10.9 Å². The van der Waals surface area contributed by atoms with Gasteiger partial charge in [0.25, 0.3) is 0 Å². The van der Waals surface area contributed by atoms with Crippen LogP contribution in [0.4, 0.5) is 10.1 Å². The first-order valence-corrected chi connectivity index (χ1v) is 7.12. The number of amides is 1. The highest BCUT2D eigenvalue weighted by molar-refractivity contribution is 9.10. The van der Waals surface area contributed by atoms with Crippen LogP contribution in [0.3, 0.4) is 0 Å². The number of carbonyl (C=O) groups is 1. The van der Waals surface area contributed by atoms with E-state index in [-0.39, 0.29) is 16.6 Å². The molecule has 0 atom stereocenters. The molecule has 1 aromatic carbocycles. The molecule has 19 heavy (non-hydrogen) atoms. The Morgan fingerprint density at radius 1 is 1.58 bits per heavy atom. The van der Waals surface area contributed by atoms with Crippen molar-refractivity contribution >= 4 is 44.7 Å².